The van der Waals surface area contributed by atoms with Crippen molar-refractivity contribution in [2.24, 2.45) is 45.7 Å². The van der Waals surface area contributed by atoms with Crippen LogP contribution in [0.15, 0.2) is 23.3 Å². The Morgan fingerprint density at radius 1 is 1.16 bits per heavy atom. The predicted molar refractivity (Wildman–Crippen MR) is 133 cm³/mol. The lowest BCUT2D eigenvalue weighted by Crippen LogP contribution is -2.63. The zero-order chi connectivity index (χ0) is 23.5. The molecule has 0 aliphatic heterocycles. The average Bonchev–Trinajstić information content (AvgIpc) is 3.02. The second-order valence-corrected chi connectivity index (χ2v) is 13.2. The monoisotopic (exact) mass is 443 g/mol. The molecule has 8 atom stereocenters. The molecule has 0 aromatic rings. The highest BCUT2D eigenvalue weighted by atomic mass is 16.3. The molecule has 0 aromatic heterocycles. The van der Waals surface area contributed by atoms with Gasteiger partial charge in [-0.3, -0.25) is 0 Å². The largest absolute Gasteiger partial charge is 0.393 e. The van der Waals surface area contributed by atoms with Crippen molar-refractivity contribution < 1.29 is 10.2 Å². The molecule has 4 aliphatic carbocycles. The maximum atomic E-state index is 10.8. The minimum atomic E-state index is -0.177. The van der Waals surface area contributed by atoms with Crippen LogP contribution in [0.2, 0.25) is 0 Å². The normalized spacial score (nSPS) is 46.7. The molecule has 0 bridgehead atoms. The van der Waals surface area contributed by atoms with Crippen LogP contribution in [0.3, 0.4) is 0 Å². The van der Waals surface area contributed by atoms with Gasteiger partial charge in [-0.25, -0.2) is 0 Å². The van der Waals surface area contributed by atoms with Crippen LogP contribution in [0.4, 0.5) is 0 Å². The summed E-state index contributed by atoms with van der Waals surface area (Å²) < 4.78 is 0. The summed E-state index contributed by atoms with van der Waals surface area (Å²) in [6.07, 6.45) is 14.8. The van der Waals surface area contributed by atoms with Gasteiger partial charge in [0.1, 0.15) is 0 Å². The third-order valence-corrected chi connectivity index (χ3v) is 11.4. The van der Waals surface area contributed by atoms with Gasteiger partial charge in [-0.2, -0.15) is 0 Å². The number of rotatable bonds is 5. The average molecular weight is 444 g/mol. The third kappa shape index (κ3) is 3.40. The summed E-state index contributed by atoms with van der Waals surface area (Å²) >= 11 is 0. The highest BCUT2D eigenvalue weighted by Crippen LogP contribution is 2.69. The quantitative estimate of drug-likeness (QED) is 0.457. The molecule has 0 aromatic carbocycles. The Morgan fingerprint density at radius 2 is 1.88 bits per heavy atom. The van der Waals surface area contributed by atoms with Crippen LogP contribution in [0, 0.1) is 39.9 Å². The molecule has 3 fully saturated rings. The van der Waals surface area contributed by atoms with Gasteiger partial charge in [-0.1, -0.05) is 57.9 Å². The van der Waals surface area contributed by atoms with Gasteiger partial charge in [0.25, 0.3) is 0 Å². The van der Waals surface area contributed by atoms with E-state index in [9.17, 15) is 10.2 Å². The lowest BCUT2D eigenvalue weighted by atomic mass is 9.42. The Labute approximate surface area is 196 Å². The first-order valence-electron chi connectivity index (χ1n) is 13.4. The first-order chi connectivity index (χ1) is 14.9. The Morgan fingerprint density at radius 3 is 2.56 bits per heavy atom. The first kappa shape index (κ1) is 24.5. The molecule has 32 heavy (non-hydrogen) atoms. The number of nitrogens with two attached hydrogens (primary N) is 1. The summed E-state index contributed by atoms with van der Waals surface area (Å²) in [5, 5.41) is 20.1. The van der Waals surface area contributed by atoms with Crippen molar-refractivity contribution in [2.75, 3.05) is 6.61 Å². The van der Waals surface area contributed by atoms with Gasteiger partial charge in [0.2, 0.25) is 0 Å². The fourth-order valence-corrected chi connectivity index (χ4v) is 9.16. The maximum Gasteiger partial charge on any atom is 0.0639 e. The lowest BCUT2D eigenvalue weighted by molar-refractivity contribution is -0.126. The first-order valence-corrected chi connectivity index (χ1v) is 13.4. The Hall–Kier alpha value is -0.640. The number of allylic oxidation sites excluding steroid dienone is 2. The maximum absolute atomic E-state index is 10.8. The van der Waals surface area contributed by atoms with E-state index in [1.54, 1.807) is 5.57 Å². The van der Waals surface area contributed by atoms with Crippen molar-refractivity contribution in [1.82, 2.24) is 0 Å². The second kappa shape index (κ2) is 8.24. The SMILES string of the molecule is C/C(=C/CCC(C)[C@@H]1CC[C@]2(C)C3=CCC4C(C)(C)C(O)CC[C@]4(C)C3CC[C@@]12N)CO. The third-order valence-electron chi connectivity index (χ3n) is 11.4. The van der Waals surface area contributed by atoms with Crippen LogP contribution in [0.1, 0.15) is 99.3 Å². The molecule has 0 saturated heterocycles. The molecule has 4 unspecified atom stereocenters. The zero-order valence-electron chi connectivity index (χ0n) is 21.6. The standard InChI is InChI=1S/C29H49NO2/c1-19(18-31)8-7-9-20(2)21-12-16-28(6)23-10-11-24-26(3,4)25(32)14-15-27(24,5)22(23)13-17-29(21,28)30/h8,10,20-22,24-25,31-32H,7,9,11-18,30H2,1-6H3/b19-8-/t20?,21-,22?,24?,25?,27+,28+,29+/m0/s1. The molecule has 4 N–H and O–H groups in total. The number of hydrogen-bond acceptors (Lipinski definition) is 3. The van der Waals surface area contributed by atoms with Crippen LogP contribution < -0.4 is 5.73 Å². The number of aliphatic hydroxyl groups is 2. The summed E-state index contributed by atoms with van der Waals surface area (Å²) in [5.74, 6) is 2.36. The molecule has 0 spiro atoms. The number of aliphatic hydroxyl groups excluding tert-OH is 2. The Balaban J connectivity index is 1.59. The molecular weight excluding hydrogens is 394 g/mol. The minimum absolute atomic E-state index is 0.0138. The molecule has 0 amide bonds. The van der Waals surface area contributed by atoms with E-state index in [0.717, 1.165) is 44.1 Å². The summed E-state index contributed by atoms with van der Waals surface area (Å²) in [5.41, 5.74) is 10.5. The summed E-state index contributed by atoms with van der Waals surface area (Å²) in [4.78, 5) is 0. The van der Waals surface area contributed by atoms with Crippen LogP contribution in [0.25, 0.3) is 0 Å². The van der Waals surface area contributed by atoms with Crippen LogP contribution in [-0.2, 0) is 0 Å². The van der Waals surface area contributed by atoms with E-state index in [4.69, 9.17) is 5.73 Å². The van der Waals surface area contributed by atoms with Crippen LogP contribution >= 0.6 is 0 Å². The molecule has 0 radical (unpaired) electrons. The van der Waals surface area contributed by atoms with Gasteiger partial charge >= 0.3 is 0 Å². The highest BCUT2D eigenvalue weighted by molar-refractivity contribution is 5.35. The molecule has 3 saturated carbocycles. The van der Waals surface area contributed by atoms with Gasteiger partial charge in [0.15, 0.2) is 0 Å². The van der Waals surface area contributed by atoms with Crippen molar-refractivity contribution in [1.29, 1.82) is 0 Å². The van der Waals surface area contributed by atoms with Crippen LogP contribution in [0.5, 0.6) is 0 Å². The predicted octanol–water partition coefficient (Wildman–Crippen LogP) is 6.00. The Bertz CT molecular complexity index is 784. The summed E-state index contributed by atoms with van der Waals surface area (Å²) in [6, 6.07) is 0. The van der Waals surface area contributed by atoms with Gasteiger partial charge in [-0.05, 0) is 99.2 Å². The van der Waals surface area contributed by atoms with E-state index < -0.39 is 0 Å². The second-order valence-electron chi connectivity index (χ2n) is 13.2. The van der Waals surface area contributed by atoms with Gasteiger partial charge in [0, 0.05) is 11.0 Å². The van der Waals surface area contributed by atoms with Crippen molar-refractivity contribution in [2.45, 2.75) is 111 Å². The molecule has 3 nitrogen and oxygen atoms in total. The van der Waals surface area contributed by atoms with Crippen molar-refractivity contribution in [3.8, 4) is 0 Å². The van der Waals surface area contributed by atoms with Gasteiger partial charge in [-0.15, -0.1) is 0 Å². The molecule has 0 heterocycles. The van der Waals surface area contributed by atoms with Gasteiger partial charge < -0.3 is 15.9 Å². The van der Waals surface area contributed by atoms with E-state index in [2.05, 4.69) is 46.8 Å². The fraction of sp³-hybridized carbons (Fsp3) is 0.862. The van der Waals surface area contributed by atoms with Crippen molar-refractivity contribution >= 4 is 0 Å². The molecule has 4 aliphatic rings. The molecule has 4 rings (SSSR count). The van der Waals surface area contributed by atoms with E-state index >= 15 is 0 Å². The van der Waals surface area contributed by atoms with E-state index in [1.165, 1.54) is 19.3 Å². The molecular formula is C29H49NO2. The van der Waals surface area contributed by atoms with E-state index in [1.807, 2.05) is 6.92 Å². The van der Waals surface area contributed by atoms with Gasteiger partial charge in [0.05, 0.1) is 12.7 Å². The van der Waals surface area contributed by atoms with Crippen molar-refractivity contribution in [3.05, 3.63) is 23.3 Å². The minimum Gasteiger partial charge on any atom is -0.393 e. The van der Waals surface area contributed by atoms with E-state index in [0.29, 0.717) is 23.7 Å². The smallest absolute Gasteiger partial charge is 0.0639 e. The Kier molecular flexibility index (Phi) is 6.30. The van der Waals surface area contributed by atoms with E-state index in [-0.39, 0.29) is 34.5 Å². The summed E-state index contributed by atoms with van der Waals surface area (Å²) in [7, 11) is 0. The number of fused-ring (bicyclic) bond motifs is 5. The molecule has 182 valence electrons. The summed E-state index contributed by atoms with van der Waals surface area (Å²) in [6.45, 7) is 14.2. The van der Waals surface area contributed by atoms with Crippen LogP contribution in [-0.4, -0.2) is 28.5 Å². The number of hydrogen-bond donors (Lipinski definition) is 3. The zero-order valence-corrected chi connectivity index (χ0v) is 21.6. The fourth-order valence-electron chi connectivity index (χ4n) is 9.16. The lowest BCUT2D eigenvalue weighted by Gasteiger charge is -2.64. The molecule has 3 heteroatoms. The van der Waals surface area contributed by atoms with Crippen molar-refractivity contribution in [3.63, 3.8) is 0 Å². The topological polar surface area (TPSA) is 66.5 Å². The highest BCUT2D eigenvalue weighted by Gasteiger charge is 2.65.